The molecule has 4 rings (SSSR count). The number of hydrogen-bond donors (Lipinski definition) is 2. The zero-order valence-electron chi connectivity index (χ0n) is 23.8. The maximum atomic E-state index is 13.3. The highest BCUT2D eigenvalue weighted by molar-refractivity contribution is 5.99. The molecule has 0 aliphatic heterocycles. The van der Waals surface area contributed by atoms with Gasteiger partial charge in [-0.1, -0.05) is 24.8 Å². The van der Waals surface area contributed by atoms with E-state index in [9.17, 15) is 4.79 Å². The summed E-state index contributed by atoms with van der Waals surface area (Å²) in [4.78, 5) is 24.5. The number of benzene rings is 2. The summed E-state index contributed by atoms with van der Waals surface area (Å²) >= 11 is 0. The summed E-state index contributed by atoms with van der Waals surface area (Å²) in [5.74, 6) is 0.536. The third-order valence-electron chi connectivity index (χ3n) is 7.74. The van der Waals surface area contributed by atoms with E-state index in [1.807, 2.05) is 30.3 Å². The van der Waals surface area contributed by atoms with Crippen molar-refractivity contribution in [2.24, 2.45) is 0 Å². The molecule has 0 saturated heterocycles. The van der Waals surface area contributed by atoms with Crippen LogP contribution in [0.5, 0.6) is 5.75 Å². The van der Waals surface area contributed by atoms with Gasteiger partial charge in [0.05, 0.1) is 31.2 Å². The average Bonchev–Trinajstić information content (AvgIpc) is 2.98. The molecule has 1 aliphatic rings. The Hall–Kier alpha value is -4.00. The number of nitriles is 1. The molecule has 40 heavy (non-hydrogen) atoms. The molecule has 1 heterocycles. The number of rotatable bonds is 11. The fourth-order valence-corrected chi connectivity index (χ4v) is 5.23. The second kappa shape index (κ2) is 12.9. The summed E-state index contributed by atoms with van der Waals surface area (Å²) in [6.07, 6.45) is 5.42. The number of amides is 1. The highest BCUT2D eigenvalue weighted by Gasteiger charge is 2.34. The molecule has 0 atom stereocenters. The Bertz CT molecular complexity index is 1410. The van der Waals surface area contributed by atoms with Gasteiger partial charge in [-0.05, 0) is 63.2 Å². The van der Waals surface area contributed by atoms with Crippen LogP contribution >= 0.6 is 0 Å². The lowest BCUT2D eigenvalue weighted by Gasteiger charge is -2.41. The normalized spacial score (nSPS) is 18.8. The Kier molecular flexibility index (Phi) is 9.35. The molecular formula is C31H38N6O3. The molecule has 2 N–H and O–H groups in total. The van der Waals surface area contributed by atoms with Crippen LogP contribution in [0.2, 0.25) is 0 Å². The standard InChI is InChI=1S/C31H38N6O3/c1-21(19-32)20-34-28-25-18-23(7-6-22(25)8-9-27(28)40-5)26-12-15-33-29(35-26)30(38)36-31(2)13-10-24(11-14-31)37(3)16-17-39-4/h6-9,12,15,18,24,34H,1,10-11,13-14,16-17,20H2,2-5H3,(H,36,38). The van der Waals surface area contributed by atoms with Crippen molar-refractivity contribution >= 4 is 22.4 Å². The number of nitrogens with one attached hydrogen (secondary N) is 2. The number of aromatic nitrogens is 2. The van der Waals surface area contributed by atoms with E-state index in [1.165, 1.54) is 0 Å². The zero-order valence-corrected chi connectivity index (χ0v) is 23.8. The molecular weight excluding hydrogens is 504 g/mol. The highest BCUT2D eigenvalue weighted by atomic mass is 16.5. The second-order valence-electron chi connectivity index (χ2n) is 10.6. The average molecular weight is 543 g/mol. The topological polar surface area (TPSA) is 112 Å². The predicted molar refractivity (Wildman–Crippen MR) is 157 cm³/mol. The summed E-state index contributed by atoms with van der Waals surface area (Å²) < 4.78 is 10.8. The minimum Gasteiger partial charge on any atom is -0.495 e. The van der Waals surface area contributed by atoms with Crippen molar-refractivity contribution in [1.82, 2.24) is 20.2 Å². The van der Waals surface area contributed by atoms with Crippen LogP contribution in [0, 0.1) is 11.3 Å². The molecule has 3 aromatic rings. The molecule has 0 bridgehead atoms. The first-order valence-electron chi connectivity index (χ1n) is 13.5. The zero-order chi connectivity index (χ0) is 28.7. The Balaban J connectivity index is 1.52. The Morgan fingerprint density at radius 1 is 1.23 bits per heavy atom. The van der Waals surface area contributed by atoms with E-state index < -0.39 is 0 Å². The van der Waals surface area contributed by atoms with E-state index in [-0.39, 0.29) is 17.3 Å². The molecule has 9 heteroatoms. The van der Waals surface area contributed by atoms with Gasteiger partial charge in [0.15, 0.2) is 0 Å². The lowest BCUT2D eigenvalue weighted by molar-refractivity contribution is 0.0792. The van der Waals surface area contributed by atoms with E-state index in [4.69, 9.17) is 14.7 Å². The fraction of sp³-hybridized carbons (Fsp3) is 0.419. The summed E-state index contributed by atoms with van der Waals surface area (Å²) in [5, 5.41) is 17.5. The minimum absolute atomic E-state index is 0.146. The van der Waals surface area contributed by atoms with Crippen LogP contribution in [-0.2, 0) is 4.74 Å². The van der Waals surface area contributed by atoms with Gasteiger partial charge < -0.3 is 25.0 Å². The van der Waals surface area contributed by atoms with Crippen molar-refractivity contribution in [1.29, 1.82) is 5.26 Å². The first-order valence-corrected chi connectivity index (χ1v) is 13.5. The van der Waals surface area contributed by atoms with Gasteiger partial charge in [0, 0.05) is 54.5 Å². The van der Waals surface area contributed by atoms with Crippen molar-refractivity contribution in [2.75, 3.05) is 46.3 Å². The van der Waals surface area contributed by atoms with E-state index >= 15 is 0 Å². The highest BCUT2D eigenvalue weighted by Crippen LogP contribution is 2.36. The first kappa shape index (κ1) is 29.0. The van der Waals surface area contributed by atoms with Gasteiger partial charge in [0.2, 0.25) is 5.82 Å². The Labute approximate surface area is 236 Å². The van der Waals surface area contributed by atoms with Crippen molar-refractivity contribution in [3.8, 4) is 23.1 Å². The summed E-state index contributed by atoms with van der Waals surface area (Å²) in [5.41, 5.74) is 2.36. The Morgan fingerprint density at radius 3 is 2.67 bits per heavy atom. The van der Waals surface area contributed by atoms with Crippen LogP contribution in [0.1, 0.15) is 43.2 Å². The quantitative estimate of drug-likeness (QED) is 0.332. The van der Waals surface area contributed by atoms with Crippen molar-refractivity contribution in [2.45, 2.75) is 44.2 Å². The van der Waals surface area contributed by atoms with Gasteiger partial charge in [-0.3, -0.25) is 4.79 Å². The number of ether oxygens (including phenoxy) is 2. The van der Waals surface area contributed by atoms with Crippen LogP contribution in [0.25, 0.3) is 22.0 Å². The van der Waals surface area contributed by atoms with Gasteiger partial charge in [0.25, 0.3) is 5.91 Å². The molecule has 9 nitrogen and oxygen atoms in total. The van der Waals surface area contributed by atoms with Crippen LogP contribution in [0.4, 0.5) is 5.69 Å². The molecule has 0 unspecified atom stereocenters. The monoisotopic (exact) mass is 542 g/mol. The van der Waals surface area contributed by atoms with E-state index in [1.54, 1.807) is 26.5 Å². The number of likely N-dealkylation sites (N-methyl/N-ethyl adjacent to an activating group) is 1. The van der Waals surface area contributed by atoms with Crippen molar-refractivity contribution in [3.63, 3.8) is 0 Å². The third-order valence-corrected chi connectivity index (χ3v) is 7.74. The van der Waals surface area contributed by atoms with Gasteiger partial charge in [-0.15, -0.1) is 0 Å². The number of hydrogen-bond acceptors (Lipinski definition) is 8. The largest absolute Gasteiger partial charge is 0.495 e. The third kappa shape index (κ3) is 6.76. The molecule has 2 aromatic carbocycles. The molecule has 210 valence electrons. The lowest BCUT2D eigenvalue weighted by atomic mass is 9.80. The summed E-state index contributed by atoms with van der Waals surface area (Å²) in [6, 6.07) is 14.2. The van der Waals surface area contributed by atoms with Crippen LogP contribution in [0.15, 0.2) is 54.7 Å². The Morgan fingerprint density at radius 2 is 1.98 bits per heavy atom. The van der Waals surface area contributed by atoms with E-state index in [0.717, 1.165) is 54.3 Å². The van der Waals surface area contributed by atoms with Gasteiger partial charge in [0.1, 0.15) is 5.75 Å². The molecule has 1 aliphatic carbocycles. The summed E-state index contributed by atoms with van der Waals surface area (Å²) in [6.45, 7) is 7.78. The van der Waals surface area contributed by atoms with Crippen LogP contribution in [0.3, 0.4) is 0 Å². The fourth-order valence-electron chi connectivity index (χ4n) is 5.23. The minimum atomic E-state index is -0.303. The number of anilines is 1. The van der Waals surface area contributed by atoms with E-state index in [2.05, 4.69) is 52.1 Å². The number of nitrogens with zero attached hydrogens (tertiary/aromatic N) is 4. The first-order chi connectivity index (χ1) is 19.3. The predicted octanol–water partition coefficient (Wildman–Crippen LogP) is 4.81. The lowest BCUT2D eigenvalue weighted by Crippen LogP contribution is -2.51. The smallest absolute Gasteiger partial charge is 0.289 e. The van der Waals surface area contributed by atoms with Crippen molar-refractivity contribution in [3.05, 3.63) is 60.6 Å². The molecule has 1 aromatic heterocycles. The molecule has 1 amide bonds. The second-order valence-corrected chi connectivity index (χ2v) is 10.6. The number of carbonyl (C=O) groups excluding carboxylic acids is 1. The van der Waals surface area contributed by atoms with Gasteiger partial charge in [-0.25, -0.2) is 9.97 Å². The molecule has 1 saturated carbocycles. The number of methoxy groups -OCH3 is 2. The maximum absolute atomic E-state index is 13.3. The SMILES string of the molecule is C=C(C#N)CNc1c(OC)ccc2ccc(-c3ccnc(C(=O)NC4(C)CCC(N(C)CCOC)CC4)n3)cc12. The van der Waals surface area contributed by atoms with Gasteiger partial charge in [-0.2, -0.15) is 5.26 Å². The van der Waals surface area contributed by atoms with Gasteiger partial charge >= 0.3 is 0 Å². The number of carbonyl (C=O) groups is 1. The van der Waals surface area contributed by atoms with Crippen molar-refractivity contribution < 1.29 is 14.3 Å². The maximum Gasteiger partial charge on any atom is 0.289 e. The molecule has 0 radical (unpaired) electrons. The molecule has 1 fully saturated rings. The molecule has 0 spiro atoms. The van der Waals surface area contributed by atoms with Crippen LogP contribution in [-0.4, -0.2) is 73.3 Å². The number of fused-ring (bicyclic) bond motifs is 1. The summed E-state index contributed by atoms with van der Waals surface area (Å²) in [7, 11) is 5.47. The van der Waals surface area contributed by atoms with E-state index in [0.29, 0.717) is 36.2 Å². The van der Waals surface area contributed by atoms with Crippen LogP contribution < -0.4 is 15.4 Å².